The van der Waals surface area contributed by atoms with E-state index in [4.69, 9.17) is 9.15 Å². The molecular weight excluding hydrogens is 385 g/mol. The number of nitrogens with zero attached hydrogens (tertiary/aromatic N) is 6. The molecule has 3 heterocycles. The zero-order valence-electron chi connectivity index (χ0n) is 15.3. The Kier molecular flexibility index (Phi) is 4.89. The summed E-state index contributed by atoms with van der Waals surface area (Å²) in [4.78, 5) is 28.2. The van der Waals surface area contributed by atoms with Gasteiger partial charge in [0.1, 0.15) is 31.1 Å². The number of nitrogens with one attached hydrogen (secondary N) is 1. The average molecular weight is 401 g/mol. The zero-order valence-corrected chi connectivity index (χ0v) is 15.3. The number of hydrogen-bond donors (Lipinski definition) is 1. The Morgan fingerprint density at radius 1 is 1.38 bits per heavy atom. The summed E-state index contributed by atoms with van der Waals surface area (Å²) in [7, 11) is 0. The Labute approximate surface area is 163 Å². The second-order valence-corrected chi connectivity index (χ2v) is 6.31. The Bertz CT molecular complexity index is 1040. The number of cyclic esters (lactones) is 1. The van der Waals surface area contributed by atoms with Crippen LogP contribution in [-0.2, 0) is 16.1 Å². The summed E-state index contributed by atoms with van der Waals surface area (Å²) < 4.78 is 26.8. The fraction of sp³-hybridized carbons (Fsp3) is 0.294. The van der Waals surface area contributed by atoms with Crippen LogP contribution < -0.4 is 10.2 Å². The van der Waals surface area contributed by atoms with Gasteiger partial charge in [0.05, 0.1) is 24.3 Å². The van der Waals surface area contributed by atoms with E-state index < -0.39 is 18.0 Å². The van der Waals surface area contributed by atoms with E-state index >= 15 is 0 Å². The third-order valence-electron chi connectivity index (χ3n) is 4.18. The number of halogens is 1. The van der Waals surface area contributed by atoms with Crippen molar-refractivity contribution in [2.24, 2.45) is 0 Å². The Balaban J connectivity index is 1.48. The van der Waals surface area contributed by atoms with Gasteiger partial charge in [0, 0.05) is 6.92 Å². The number of aromatic nitrogens is 5. The lowest BCUT2D eigenvalue weighted by atomic mass is 10.1. The topological polar surface area (TPSA) is 128 Å². The number of anilines is 1. The SMILES string of the molecule is CC(=O)NCC1CN(c2ccc(-c3nnc(Cn4cncn4)o3)c(F)c2)C(=O)O1. The molecule has 0 saturated carbocycles. The molecule has 12 heteroatoms. The monoisotopic (exact) mass is 401 g/mol. The number of hydrogen-bond acceptors (Lipinski definition) is 8. The van der Waals surface area contributed by atoms with Gasteiger partial charge < -0.3 is 14.5 Å². The highest BCUT2D eigenvalue weighted by molar-refractivity contribution is 5.90. The predicted molar refractivity (Wildman–Crippen MR) is 95.1 cm³/mol. The van der Waals surface area contributed by atoms with Gasteiger partial charge in [-0.2, -0.15) is 5.10 Å². The van der Waals surface area contributed by atoms with Crippen molar-refractivity contribution >= 4 is 17.7 Å². The van der Waals surface area contributed by atoms with Crippen LogP contribution in [0.1, 0.15) is 12.8 Å². The summed E-state index contributed by atoms with van der Waals surface area (Å²) in [6, 6.07) is 4.20. The van der Waals surface area contributed by atoms with Crippen molar-refractivity contribution in [3.8, 4) is 11.5 Å². The number of carbonyl (C=O) groups excluding carboxylic acids is 2. The van der Waals surface area contributed by atoms with E-state index in [1.807, 2.05) is 0 Å². The van der Waals surface area contributed by atoms with Crippen LogP contribution in [0.2, 0.25) is 0 Å². The predicted octanol–water partition coefficient (Wildman–Crippen LogP) is 0.977. The van der Waals surface area contributed by atoms with E-state index in [1.54, 1.807) is 6.07 Å². The molecule has 1 fully saturated rings. The number of amides is 2. The van der Waals surface area contributed by atoms with Gasteiger partial charge in [-0.15, -0.1) is 10.2 Å². The second kappa shape index (κ2) is 7.66. The summed E-state index contributed by atoms with van der Waals surface area (Å²) >= 11 is 0. The maximum Gasteiger partial charge on any atom is 0.414 e. The molecular formula is C17H16FN7O4. The van der Waals surface area contributed by atoms with Crippen LogP contribution in [-0.4, -0.2) is 56.2 Å². The van der Waals surface area contributed by atoms with Crippen LogP contribution in [0.25, 0.3) is 11.5 Å². The zero-order chi connectivity index (χ0) is 20.4. The lowest BCUT2D eigenvalue weighted by Crippen LogP contribution is -2.33. The Hall–Kier alpha value is -3.83. The molecule has 1 atom stereocenters. The van der Waals surface area contributed by atoms with Gasteiger partial charge in [0.25, 0.3) is 5.89 Å². The molecule has 2 amide bonds. The molecule has 11 nitrogen and oxygen atoms in total. The van der Waals surface area contributed by atoms with Gasteiger partial charge in [-0.25, -0.2) is 18.9 Å². The van der Waals surface area contributed by atoms with Crippen molar-refractivity contribution in [3.05, 3.63) is 42.6 Å². The van der Waals surface area contributed by atoms with Gasteiger partial charge in [-0.3, -0.25) is 9.69 Å². The van der Waals surface area contributed by atoms with Crippen molar-refractivity contribution in [1.82, 2.24) is 30.3 Å². The first-order chi connectivity index (χ1) is 14.0. The standard InChI is InChI=1S/C17H16FN7O4/c1-10(26)20-5-12-6-25(17(27)28-12)11-2-3-13(14(18)4-11)16-23-22-15(29-16)7-24-9-19-8-21-24/h2-4,8-9,12H,5-7H2,1H3,(H,20,26). The number of rotatable bonds is 6. The molecule has 29 heavy (non-hydrogen) atoms. The Morgan fingerprint density at radius 2 is 2.24 bits per heavy atom. The maximum atomic E-state index is 14.7. The summed E-state index contributed by atoms with van der Waals surface area (Å²) in [5, 5.41) is 14.3. The maximum absolute atomic E-state index is 14.7. The molecule has 4 rings (SSSR count). The third kappa shape index (κ3) is 4.05. The Morgan fingerprint density at radius 3 is 2.97 bits per heavy atom. The van der Waals surface area contributed by atoms with Gasteiger partial charge in [-0.1, -0.05) is 0 Å². The van der Waals surface area contributed by atoms with Crippen molar-refractivity contribution < 1.29 is 23.1 Å². The molecule has 0 aliphatic carbocycles. The quantitative estimate of drug-likeness (QED) is 0.647. The summed E-state index contributed by atoms with van der Waals surface area (Å²) in [5.74, 6) is -0.594. The summed E-state index contributed by atoms with van der Waals surface area (Å²) in [6.07, 6.45) is 1.75. The molecule has 1 saturated heterocycles. The van der Waals surface area contributed by atoms with E-state index in [0.29, 0.717) is 5.69 Å². The summed E-state index contributed by atoms with van der Waals surface area (Å²) in [5.41, 5.74) is 0.428. The fourth-order valence-corrected chi connectivity index (χ4v) is 2.82. The third-order valence-corrected chi connectivity index (χ3v) is 4.18. The van der Waals surface area contributed by atoms with E-state index in [1.165, 1.54) is 41.3 Å². The molecule has 0 bridgehead atoms. The van der Waals surface area contributed by atoms with Crippen molar-refractivity contribution in [1.29, 1.82) is 0 Å². The first-order valence-electron chi connectivity index (χ1n) is 8.67. The first kappa shape index (κ1) is 18.5. The van der Waals surface area contributed by atoms with E-state index in [2.05, 4.69) is 25.6 Å². The average Bonchev–Trinajstić information content (AvgIpc) is 3.42. The largest absolute Gasteiger partial charge is 0.442 e. The first-order valence-corrected chi connectivity index (χ1v) is 8.67. The molecule has 0 spiro atoms. The highest BCUT2D eigenvalue weighted by Crippen LogP contribution is 2.28. The molecule has 1 aliphatic rings. The van der Waals surface area contributed by atoms with Crippen LogP contribution in [0, 0.1) is 5.82 Å². The van der Waals surface area contributed by atoms with Gasteiger partial charge >= 0.3 is 6.09 Å². The number of benzene rings is 1. The van der Waals surface area contributed by atoms with E-state index in [0.717, 1.165) is 0 Å². The molecule has 2 aromatic heterocycles. The highest BCUT2D eigenvalue weighted by atomic mass is 19.1. The second-order valence-electron chi connectivity index (χ2n) is 6.31. The van der Waals surface area contributed by atoms with Crippen molar-refractivity contribution in [3.63, 3.8) is 0 Å². The normalized spacial score (nSPS) is 16.1. The van der Waals surface area contributed by atoms with Crippen LogP contribution in [0.5, 0.6) is 0 Å². The lowest BCUT2D eigenvalue weighted by molar-refractivity contribution is -0.119. The van der Waals surface area contributed by atoms with E-state index in [9.17, 15) is 14.0 Å². The minimum atomic E-state index is -0.628. The van der Waals surface area contributed by atoms with Gasteiger partial charge in [0.2, 0.25) is 11.8 Å². The van der Waals surface area contributed by atoms with Gasteiger partial charge in [-0.05, 0) is 18.2 Å². The van der Waals surface area contributed by atoms with Crippen LogP contribution in [0.4, 0.5) is 14.9 Å². The molecule has 0 radical (unpaired) electrons. The molecule has 150 valence electrons. The van der Waals surface area contributed by atoms with Crippen LogP contribution >= 0.6 is 0 Å². The van der Waals surface area contributed by atoms with Crippen molar-refractivity contribution in [2.45, 2.75) is 19.6 Å². The molecule has 3 aromatic rings. The smallest absolute Gasteiger partial charge is 0.414 e. The minimum absolute atomic E-state index is 0.0108. The van der Waals surface area contributed by atoms with Crippen molar-refractivity contribution in [2.75, 3.05) is 18.0 Å². The number of ether oxygens (including phenoxy) is 1. The molecule has 1 N–H and O–H groups in total. The van der Waals surface area contributed by atoms with Crippen LogP contribution in [0.3, 0.4) is 0 Å². The van der Waals surface area contributed by atoms with Crippen LogP contribution in [0.15, 0.2) is 35.3 Å². The number of carbonyl (C=O) groups is 2. The minimum Gasteiger partial charge on any atom is -0.442 e. The summed E-state index contributed by atoms with van der Waals surface area (Å²) in [6.45, 7) is 1.97. The molecule has 1 unspecified atom stereocenters. The lowest BCUT2D eigenvalue weighted by Gasteiger charge is -2.13. The fourth-order valence-electron chi connectivity index (χ4n) is 2.82. The molecule has 1 aromatic carbocycles. The van der Waals surface area contributed by atoms with Gasteiger partial charge in [0.15, 0.2) is 0 Å². The highest BCUT2D eigenvalue weighted by Gasteiger charge is 2.33. The van der Waals surface area contributed by atoms with E-state index in [-0.39, 0.29) is 42.9 Å². The molecule has 1 aliphatic heterocycles.